The molecular weight excluding hydrogens is 216 g/mol. The zero-order valence-electron chi connectivity index (χ0n) is 11.4. The van der Waals surface area contributed by atoms with Crippen LogP contribution in [-0.2, 0) is 9.53 Å². The minimum atomic E-state index is -0.179. The highest BCUT2D eigenvalue weighted by Crippen LogP contribution is 2.32. The monoisotopic (exact) mass is 242 g/mol. The maximum Gasteiger partial charge on any atom is 0.230 e. The fraction of sp³-hybridized carbons (Fsp3) is 0.923. The molecule has 4 nitrogen and oxygen atoms in total. The van der Waals surface area contributed by atoms with Crippen molar-refractivity contribution in [3.05, 3.63) is 0 Å². The number of carbonyl (C=O) groups excluding carboxylic acids is 1. The summed E-state index contributed by atoms with van der Waals surface area (Å²) in [6.07, 6.45) is 3.03. The van der Waals surface area contributed by atoms with Gasteiger partial charge >= 0.3 is 0 Å². The molecule has 1 atom stereocenters. The molecule has 1 aliphatic rings. The summed E-state index contributed by atoms with van der Waals surface area (Å²) in [4.78, 5) is 14.5. The number of amides is 1. The minimum Gasteiger partial charge on any atom is -0.383 e. The van der Waals surface area contributed by atoms with E-state index < -0.39 is 0 Å². The highest BCUT2D eigenvalue weighted by molar-refractivity contribution is 5.83. The number of piperidine rings is 1. The molecule has 1 heterocycles. The predicted molar refractivity (Wildman–Crippen MR) is 69.0 cm³/mol. The third kappa shape index (κ3) is 3.42. The number of ether oxygens (including phenoxy) is 1. The average Bonchev–Trinajstić information content (AvgIpc) is 2.40. The molecule has 1 aliphatic heterocycles. The Balaban J connectivity index is 2.68. The summed E-state index contributed by atoms with van der Waals surface area (Å²) in [7, 11) is 1.68. The van der Waals surface area contributed by atoms with Crippen LogP contribution in [0.2, 0.25) is 0 Å². The Bertz CT molecular complexity index is 238. The Hall–Kier alpha value is -0.610. The number of carbonyl (C=O) groups is 1. The molecule has 1 N–H and O–H groups in total. The molecule has 1 saturated heterocycles. The van der Waals surface area contributed by atoms with Crippen LogP contribution in [0.5, 0.6) is 0 Å². The lowest BCUT2D eigenvalue weighted by molar-refractivity contribution is -0.144. The predicted octanol–water partition coefficient (Wildman–Crippen LogP) is 1.26. The van der Waals surface area contributed by atoms with Crippen LogP contribution in [0.1, 0.15) is 33.1 Å². The van der Waals surface area contributed by atoms with Gasteiger partial charge in [-0.15, -0.1) is 0 Å². The van der Waals surface area contributed by atoms with E-state index in [1.807, 2.05) is 11.8 Å². The highest BCUT2D eigenvalue weighted by atomic mass is 16.5. The number of nitrogens with one attached hydrogen (secondary N) is 1. The molecule has 0 spiro atoms. The van der Waals surface area contributed by atoms with Gasteiger partial charge in [0.2, 0.25) is 5.91 Å². The second kappa shape index (κ2) is 6.97. The molecule has 0 radical (unpaired) electrons. The van der Waals surface area contributed by atoms with Crippen LogP contribution in [0.3, 0.4) is 0 Å². The topological polar surface area (TPSA) is 41.6 Å². The van der Waals surface area contributed by atoms with E-state index in [0.29, 0.717) is 19.1 Å². The molecule has 0 aromatic rings. The molecule has 0 aromatic heterocycles. The van der Waals surface area contributed by atoms with Crippen LogP contribution >= 0.6 is 0 Å². The van der Waals surface area contributed by atoms with Gasteiger partial charge in [-0.05, 0) is 32.7 Å². The van der Waals surface area contributed by atoms with E-state index in [0.717, 1.165) is 38.9 Å². The third-order valence-electron chi connectivity index (χ3n) is 3.84. The first-order valence-electron chi connectivity index (χ1n) is 6.69. The summed E-state index contributed by atoms with van der Waals surface area (Å²) in [5, 5.41) is 3.36. The zero-order valence-corrected chi connectivity index (χ0v) is 11.4. The number of rotatable bonds is 6. The van der Waals surface area contributed by atoms with Gasteiger partial charge in [-0.1, -0.05) is 6.92 Å². The summed E-state index contributed by atoms with van der Waals surface area (Å²) in [6.45, 7) is 8.11. The van der Waals surface area contributed by atoms with Gasteiger partial charge in [-0.25, -0.2) is 0 Å². The summed E-state index contributed by atoms with van der Waals surface area (Å²) in [5.74, 6) is 0.298. The summed E-state index contributed by atoms with van der Waals surface area (Å²) < 4.78 is 5.07. The van der Waals surface area contributed by atoms with E-state index >= 15 is 0 Å². The van der Waals surface area contributed by atoms with E-state index in [4.69, 9.17) is 4.74 Å². The van der Waals surface area contributed by atoms with Gasteiger partial charge in [-0.2, -0.15) is 0 Å². The Kier molecular flexibility index (Phi) is 5.92. The van der Waals surface area contributed by atoms with Gasteiger partial charge in [0, 0.05) is 26.7 Å². The first kappa shape index (κ1) is 14.5. The molecule has 1 unspecified atom stereocenters. The summed E-state index contributed by atoms with van der Waals surface area (Å²) in [6, 6.07) is 0. The van der Waals surface area contributed by atoms with E-state index in [1.165, 1.54) is 0 Å². The Morgan fingerprint density at radius 3 is 2.71 bits per heavy atom. The van der Waals surface area contributed by atoms with Crippen molar-refractivity contribution in [1.29, 1.82) is 0 Å². The fourth-order valence-electron chi connectivity index (χ4n) is 2.54. The van der Waals surface area contributed by atoms with E-state index in [1.54, 1.807) is 7.11 Å². The molecule has 1 rings (SSSR count). The number of methoxy groups -OCH3 is 1. The average molecular weight is 242 g/mol. The normalized spacial score (nSPS) is 24.6. The maximum atomic E-state index is 12.6. The minimum absolute atomic E-state index is 0.179. The molecule has 0 aromatic carbocycles. The molecule has 1 amide bonds. The van der Waals surface area contributed by atoms with E-state index in [9.17, 15) is 4.79 Å². The van der Waals surface area contributed by atoms with Crippen molar-refractivity contribution in [1.82, 2.24) is 10.2 Å². The smallest absolute Gasteiger partial charge is 0.230 e. The van der Waals surface area contributed by atoms with Crippen LogP contribution < -0.4 is 5.32 Å². The van der Waals surface area contributed by atoms with Crippen LogP contribution in [0, 0.1) is 5.41 Å². The maximum absolute atomic E-state index is 12.6. The second-order valence-electron chi connectivity index (χ2n) is 4.79. The molecule has 4 heteroatoms. The molecule has 100 valence electrons. The Morgan fingerprint density at radius 2 is 2.24 bits per heavy atom. The van der Waals surface area contributed by atoms with Crippen molar-refractivity contribution in [2.75, 3.05) is 39.9 Å². The largest absolute Gasteiger partial charge is 0.383 e. The molecular formula is C13H26N2O2. The van der Waals surface area contributed by atoms with Gasteiger partial charge in [0.05, 0.1) is 12.0 Å². The van der Waals surface area contributed by atoms with Crippen LogP contribution in [0.4, 0.5) is 0 Å². The summed E-state index contributed by atoms with van der Waals surface area (Å²) >= 11 is 0. The van der Waals surface area contributed by atoms with Crippen molar-refractivity contribution in [3.63, 3.8) is 0 Å². The Labute approximate surface area is 105 Å². The van der Waals surface area contributed by atoms with Crippen molar-refractivity contribution in [3.8, 4) is 0 Å². The van der Waals surface area contributed by atoms with Crippen molar-refractivity contribution < 1.29 is 9.53 Å². The molecule has 17 heavy (non-hydrogen) atoms. The first-order valence-corrected chi connectivity index (χ1v) is 6.69. The number of hydrogen-bond donors (Lipinski definition) is 1. The van der Waals surface area contributed by atoms with Crippen molar-refractivity contribution >= 4 is 5.91 Å². The number of hydrogen-bond acceptors (Lipinski definition) is 3. The quantitative estimate of drug-likeness (QED) is 0.762. The molecule has 0 bridgehead atoms. The standard InChI is InChI=1S/C13H26N2O2/c1-4-13(7-6-8-14-11-13)12(16)15(5-2)9-10-17-3/h14H,4-11H2,1-3H3. The number of nitrogens with zero attached hydrogens (tertiary/aromatic N) is 1. The van der Waals surface area contributed by atoms with E-state index in [2.05, 4.69) is 12.2 Å². The molecule has 1 fully saturated rings. The van der Waals surface area contributed by atoms with Gasteiger partial charge in [0.1, 0.15) is 0 Å². The van der Waals surface area contributed by atoms with Crippen LogP contribution in [-0.4, -0.2) is 50.7 Å². The van der Waals surface area contributed by atoms with E-state index in [-0.39, 0.29) is 5.41 Å². The third-order valence-corrected chi connectivity index (χ3v) is 3.84. The highest BCUT2D eigenvalue weighted by Gasteiger charge is 2.39. The first-order chi connectivity index (χ1) is 8.20. The fourth-order valence-corrected chi connectivity index (χ4v) is 2.54. The SMILES string of the molecule is CCN(CCOC)C(=O)C1(CC)CCCNC1. The summed E-state index contributed by atoms with van der Waals surface area (Å²) in [5.41, 5.74) is -0.179. The van der Waals surface area contributed by atoms with Gasteiger partial charge in [0.25, 0.3) is 0 Å². The molecule has 0 saturated carbocycles. The lowest BCUT2D eigenvalue weighted by atomic mass is 9.77. The van der Waals surface area contributed by atoms with Gasteiger partial charge < -0.3 is 15.0 Å². The van der Waals surface area contributed by atoms with Gasteiger partial charge in [0.15, 0.2) is 0 Å². The van der Waals surface area contributed by atoms with Crippen molar-refractivity contribution in [2.24, 2.45) is 5.41 Å². The second-order valence-corrected chi connectivity index (χ2v) is 4.79. The van der Waals surface area contributed by atoms with Crippen LogP contribution in [0.25, 0.3) is 0 Å². The molecule has 0 aliphatic carbocycles. The zero-order chi connectivity index (χ0) is 12.7. The van der Waals surface area contributed by atoms with Crippen molar-refractivity contribution in [2.45, 2.75) is 33.1 Å². The lowest BCUT2D eigenvalue weighted by Crippen LogP contribution is -2.52. The Morgan fingerprint density at radius 1 is 1.47 bits per heavy atom. The van der Waals surface area contributed by atoms with Crippen LogP contribution in [0.15, 0.2) is 0 Å². The van der Waals surface area contributed by atoms with Gasteiger partial charge in [-0.3, -0.25) is 4.79 Å². The lowest BCUT2D eigenvalue weighted by Gasteiger charge is -2.39. The number of likely N-dealkylation sites (N-methyl/N-ethyl adjacent to an activating group) is 1.